The van der Waals surface area contributed by atoms with E-state index in [4.69, 9.17) is 9.84 Å². The number of amides is 1. The third kappa shape index (κ3) is 4.35. The molecule has 1 unspecified atom stereocenters. The lowest BCUT2D eigenvalue weighted by Gasteiger charge is -2.31. The van der Waals surface area contributed by atoms with Crippen molar-refractivity contribution in [3.8, 4) is 0 Å². The van der Waals surface area contributed by atoms with E-state index in [0.29, 0.717) is 6.42 Å². The molecule has 0 bridgehead atoms. The number of likely N-dealkylation sites (tertiary alicyclic amines) is 1. The highest BCUT2D eigenvalue weighted by atomic mass is 16.6. The molecule has 1 atom stereocenters. The number of ether oxygens (including phenoxy) is 1. The van der Waals surface area contributed by atoms with Crippen LogP contribution in [0.2, 0.25) is 0 Å². The molecule has 1 N–H and O–H groups in total. The number of carboxylic acid groups (broad SMARTS) is 1. The van der Waals surface area contributed by atoms with E-state index < -0.39 is 17.5 Å². The molecule has 0 aliphatic carbocycles. The summed E-state index contributed by atoms with van der Waals surface area (Å²) in [6.07, 6.45) is 0.482. The molecule has 6 heteroatoms. The standard InChI is InChI=1S/C12H19NO5/c1-12(2,3)18-11(17)8-4-5-13(7-10(15)16)9(14)6-8/h8H,4-7H2,1-3H3,(H,15,16). The van der Waals surface area contributed by atoms with Gasteiger partial charge in [0.2, 0.25) is 5.91 Å². The first-order valence-electron chi connectivity index (χ1n) is 5.91. The van der Waals surface area contributed by atoms with Crippen LogP contribution in [0.3, 0.4) is 0 Å². The molecular weight excluding hydrogens is 238 g/mol. The first kappa shape index (κ1) is 14.5. The van der Waals surface area contributed by atoms with E-state index >= 15 is 0 Å². The Bertz CT molecular complexity index is 358. The lowest BCUT2D eigenvalue weighted by Crippen LogP contribution is -2.44. The number of carboxylic acids is 1. The second-order valence-electron chi connectivity index (χ2n) is 5.43. The van der Waals surface area contributed by atoms with Crippen molar-refractivity contribution in [1.29, 1.82) is 0 Å². The molecular formula is C12H19NO5. The van der Waals surface area contributed by atoms with E-state index in [2.05, 4.69) is 0 Å². The Morgan fingerprint density at radius 1 is 1.44 bits per heavy atom. The van der Waals surface area contributed by atoms with Crippen molar-refractivity contribution in [3.63, 3.8) is 0 Å². The van der Waals surface area contributed by atoms with Gasteiger partial charge < -0.3 is 14.7 Å². The van der Waals surface area contributed by atoms with Crippen LogP contribution < -0.4 is 0 Å². The van der Waals surface area contributed by atoms with Crippen molar-refractivity contribution in [2.75, 3.05) is 13.1 Å². The molecule has 1 aliphatic rings. The molecule has 18 heavy (non-hydrogen) atoms. The fraction of sp³-hybridized carbons (Fsp3) is 0.750. The first-order chi connectivity index (χ1) is 8.19. The zero-order valence-corrected chi connectivity index (χ0v) is 10.9. The zero-order chi connectivity index (χ0) is 13.9. The average molecular weight is 257 g/mol. The van der Waals surface area contributed by atoms with Crippen molar-refractivity contribution in [2.24, 2.45) is 5.92 Å². The Labute approximate surface area is 106 Å². The van der Waals surface area contributed by atoms with Crippen LogP contribution in [0, 0.1) is 5.92 Å². The number of aliphatic carboxylic acids is 1. The second-order valence-corrected chi connectivity index (χ2v) is 5.43. The van der Waals surface area contributed by atoms with E-state index in [1.807, 2.05) is 0 Å². The molecule has 0 saturated carbocycles. The third-order valence-electron chi connectivity index (χ3n) is 2.59. The van der Waals surface area contributed by atoms with E-state index in [0.717, 1.165) is 0 Å². The number of hydrogen-bond donors (Lipinski definition) is 1. The molecule has 0 aromatic heterocycles. The van der Waals surface area contributed by atoms with Crippen molar-refractivity contribution in [3.05, 3.63) is 0 Å². The largest absolute Gasteiger partial charge is 0.480 e. The lowest BCUT2D eigenvalue weighted by atomic mass is 9.96. The van der Waals surface area contributed by atoms with Crippen LogP contribution in [-0.2, 0) is 19.1 Å². The van der Waals surface area contributed by atoms with Crippen molar-refractivity contribution in [1.82, 2.24) is 4.90 Å². The maximum Gasteiger partial charge on any atom is 0.323 e. The highest BCUT2D eigenvalue weighted by Gasteiger charge is 2.33. The summed E-state index contributed by atoms with van der Waals surface area (Å²) in [4.78, 5) is 35.2. The van der Waals surface area contributed by atoms with E-state index in [1.165, 1.54) is 4.90 Å². The molecule has 1 fully saturated rings. The zero-order valence-electron chi connectivity index (χ0n) is 10.9. The molecule has 102 valence electrons. The number of esters is 1. The van der Waals surface area contributed by atoms with Crippen molar-refractivity contribution >= 4 is 17.8 Å². The number of carbonyl (C=O) groups is 3. The highest BCUT2D eigenvalue weighted by Crippen LogP contribution is 2.22. The van der Waals surface area contributed by atoms with E-state index in [9.17, 15) is 14.4 Å². The van der Waals surface area contributed by atoms with Gasteiger partial charge in [0.15, 0.2) is 0 Å². The number of hydrogen-bond acceptors (Lipinski definition) is 4. The van der Waals surface area contributed by atoms with Gasteiger partial charge in [-0.15, -0.1) is 0 Å². The van der Waals surface area contributed by atoms with Gasteiger partial charge >= 0.3 is 11.9 Å². The van der Waals surface area contributed by atoms with Gasteiger partial charge in [0.05, 0.1) is 5.92 Å². The SMILES string of the molecule is CC(C)(C)OC(=O)C1CCN(CC(=O)O)C(=O)C1. The number of rotatable bonds is 3. The van der Waals surface area contributed by atoms with Gasteiger partial charge in [-0.1, -0.05) is 0 Å². The van der Waals surface area contributed by atoms with E-state index in [1.54, 1.807) is 20.8 Å². The molecule has 1 heterocycles. The monoisotopic (exact) mass is 257 g/mol. The van der Waals surface area contributed by atoms with Gasteiger partial charge in [-0.05, 0) is 27.2 Å². The van der Waals surface area contributed by atoms with Crippen molar-refractivity contribution in [2.45, 2.75) is 39.2 Å². The average Bonchev–Trinajstić information content (AvgIpc) is 2.17. The summed E-state index contributed by atoms with van der Waals surface area (Å²) in [5, 5.41) is 8.63. The Hall–Kier alpha value is -1.59. The molecule has 1 rings (SSSR count). The minimum absolute atomic E-state index is 0.0300. The Kier molecular flexibility index (Phi) is 4.32. The maximum atomic E-state index is 11.8. The summed E-state index contributed by atoms with van der Waals surface area (Å²) in [5.74, 6) is -2.19. The number of piperidine rings is 1. The van der Waals surface area contributed by atoms with Crippen LogP contribution in [-0.4, -0.2) is 46.5 Å². The molecule has 1 aliphatic heterocycles. The lowest BCUT2D eigenvalue weighted by molar-refractivity contribution is -0.164. The molecule has 1 saturated heterocycles. The Morgan fingerprint density at radius 2 is 2.06 bits per heavy atom. The van der Waals surface area contributed by atoms with Crippen LogP contribution in [0.5, 0.6) is 0 Å². The topological polar surface area (TPSA) is 83.9 Å². The smallest absolute Gasteiger partial charge is 0.323 e. The highest BCUT2D eigenvalue weighted by molar-refractivity contribution is 5.86. The fourth-order valence-corrected chi connectivity index (χ4v) is 1.80. The van der Waals surface area contributed by atoms with Gasteiger partial charge in [-0.2, -0.15) is 0 Å². The Balaban J connectivity index is 2.53. The van der Waals surface area contributed by atoms with Gasteiger partial charge in [-0.25, -0.2) is 0 Å². The van der Waals surface area contributed by atoms with Crippen LogP contribution in [0.1, 0.15) is 33.6 Å². The van der Waals surface area contributed by atoms with Crippen LogP contribution in [0.15, 0.2) is 0 Å². The van der Waals surface area contributed by atoms with Crippen LogP contribution in [0.4, 0.5) is 0 Å². The third-order valence-corrected chi connectivity index (χ3v) is 2.59. The summed E-state index contributed by atoms with van der Waals surface area (Å²) in [6.45, 7) is 5.29. The molecule has 6 nitrogen and oxygen atoms in total. The van der Waals surface area contributed by atoms with Gasteiger partial charge in [0.25, 0.3) is 0 Å². The van der Waals surface area contributed by atoms with Gasteiger partial charge in [-0.3, -0.25) is 14.4 Å². The van der Waals surface area contributed by atoms with Crippen molar-refractivity contribution < 1.29 is 24.2 Å². The quantitative estimate of drug-likeness (QED) is 0.750. The summed E-state index contributed by atoms with van der Waals surface area (Å²) in [7, 11) is 0. The second kappa shape index (κ2) is 5.37. The minimum atomic E-state index is -1.04. The molecule has 0 radical (unpaired) electrons. The van der Waals surface area contributed by atoms with Gasteiger partial charge in [0.1, 0.15) is 12.1 Å². The fourth-order valence-electron chi connectivity index (χ4n) is 1.80. The first-order valence-corrected chi connectivity index (χ1v) is 5.91. The van der Waals surface area contributed by atoms with E-state index in [-0.39, 0.29) is 31.4 Å². The maximum absolute atomic E-state index is 11.8. The van der Waals surface area contributed by atoms with Gasteiger partial charge in [0, 0.05) is 13.0 Å². The minimum Gasteiger partial charge on any atom is -0.480 e. The van der Waals surface area contributed by atoms with Crippen LogP contribution in [0.25, 0.3) is 0 Å². The molecule has 0 aromatic rings. The van der Waals surface area contributed by atoms with Crippen LogP contribution >= 0.6 is 0 Å². The summed E-state index contributed by atoms with van der Waals surface area (Å²) in [6, 6.07) is 0. The predicted octanol–water partition coefficient (Wildman–Crippen LogP) is 0.651. The number of nitrogens with zero attached hydrogens (tertiary/aromatic N) is 1. The molecule has 0 spiro atoms. The predicted molar refractivity (Wildman–Crippen MR) is 62.8 cm³/mol. The summed E-state index contributed by atoms with van der Waals surface area (Å²) in [5.41, 5.74) is -0.571. The summed E-state index contributed by atoms with van der Waals surface area (Å²) >= 11 is 0. The summed E-state index contributed by atoms with van der Waals surface area (Å²) < 4.78 is 5.22. The number of carbonyl (C=O) groups excluding carboxylic acids is 2. The normalized spacial score (nSPS) is 20.7. The molecule has 1 amide bonds. The molecule has 0 aromatic carbocycles. The Morgan fingerprint density at radius 3 is 2.50 bits per heavy atom.